The van der Waals surface area contributed by atoms with Gasteiger partial charge in [-0.05, 0) is 37.1 Å². The molecule has 0 heterocycles. The number of aliphatic hydroxyl groups excluding tert-OH is 1. The molecule has 82 valence electrons. The monoisotopic (exact) mass is 210 g/mol. The van der Waals surface area contributed by atoms with E-state index >= 15 is 0 Å². The number of hydrogen-bond acceptors (Lipinski definition) is 2. The molecule has 0 bridgehead atoms. The van der Waals surface area contributed by atoms with Gasteiger partial charge in [0.25, 0.3) is 0 Å². The van der Waals surface area contributed by atoms with Crippen LogP contribution in [-0.4, -0.2) is 11.7 Å². The molecule has 0 aliphatic rings. The van der Waals surface area contributed by atoms with Crippen molar-refractivity contribution in [1.29, 1.82) is 0 Å². The molecule has 0 spiro atoms. The van der Waals surface area contributed by atoms with Crippen molar-refractivity contribution >= 4 is 0 Å². The highest BCUT2D eigenvalue weighted by Crippen LogP contribution is 2.22. The van der Waals surface area contributed by atoms with Crippen LogP contribution in [-0.2, 0) is 0 Å². The zero-order chi connectivity index (χ0) is 11.4. The first-order valence-corrected chi connectivity index (χ1v) is 4.75. The number of benzene rings is 1. The van der Waals surface area contributed by atoms with Crippen molar-refractivity contribution in [1.82, 2.24) is 0 Å². The standard InChI is InChI=1S/C12H15FO2/c1-8(2)7-15-12-5-4-10(9(3)14)6-11(12)13/h4-6,9,14H,1,7H2,2-3H3/t9-/m0/s1. The minimum Gasteiger partial charge on any atom is -0.486 e. The van der Waals surface area contributed by atoms with Gasteiger partial charge in [0.1, 0.15) is 6.61 Å². The summed E-state index contributed by atoms with van der Waals surface area (Å²) in [6.45, 7) is 7.35. The topological polar surface area (TPSA) is 29.5 Å². The molecule has 0 radical (unpaired) electrons. The fourth-order valence-electron chi connectivity index (χ4n) is 1.09. The minimum atomic E-state index is -0.672. The van der Waals surface area contributed by atoms with E-state index in [1.165, 1.54) is 12.1 Å². The smallest absolute Gasteiger partial charge is 0.165 e. The van der Waals surface area contributed by atoms with Gasteiger partial charge in [-0.2, -0.15) is 0 Å². The van der Waals surface area contributed by atoms with Crippen LogP contribution in [0.3, 0.4) is 0 Å². The third kappa shape index (κ3) is 3.36. The van der Waals surface area contributed by atoms with E-state index in [0.717, 1.165) is 5.57 Å². The zero-order valence-electron chi connectivity index (χ0n) is 8.96. The van der Waals surface area contributed by atoms with Gasteiger partial charge in [-0.15, -0.1) is 0 Å². The van der Waals surface area contributed by atoms with E-state index in [4.69, 9.17) is 4.74 Å². The molecule has 0 unspecified atom stereocenters. The molecule has 0 amide bonds. The highest BCUT2D eigenvalue weighted by molar-refractivity contribution is 5.30. The SMILES string of the molecule is C=C(C)COc1ccc([C@H](C)O)cc1F. The normalized spacial score (nSPS) is 12.3. The molecule has 1 rings (SSSR count). The number of halogens is 1. The maximum atomic E-state index is 13.4. The lowest BCUT2D eigenvalue weighted by molar-refractivity contribution is 0.198. The van der Waals surface area contributed by atoms with Crippen LogP contribution in [0.5, 0.6) is 5.75 Å². The maximum absolute atomic E-state index is 13.4. The molecule has 1 aromatic rings. The first-order chi connectivity index (χ1) is 7.00. The lowest BCUT2D eigenvalue weighted by Crippen LogP contribution is -2.01. The van der Waals surface area contributed by atoms with E-state index in [9.17, 15) is 9.50 Å². The van der Waals surface area contributed by atoms with Gasteiger partial charge in [-0.3, -0.25) is 0 Å². The second kappa shape index (κ2) is 4.94. The van der Waals surface area contributed by atoms with Crippen molar-refractivity contribution in [2.24, 2.45) is 0 Å². The average molecular weight is 210 g/mol. The van der Waals surface area contributed by atoms with Crippen LogP contribution in [0.4, 0.5) is 4.39 Å². The Balaban J connectivity index is 2.79. The average Bonchev–Trinajstić information content (AvgIpc) is 2.15. The van der Waals surface area contributed by atoms with E-state index in [2.05, 4.69) is 6.58 Å². The lowest BCUT2D eigenvalue weighted by Gasteiger charge is -2.09. The van der Waals surface area contributed by atoms with Crippen LogP contribution in [0.25, 0.3) is 0 Å². The molecule has 0 aliphatic heterocycles. The van der Waals surface area contributed by atoms with Crippen LogP contribution >= 0.6 is 0 Å². The molecule has 2 nitrogen and oxygen atoms in total. The van der Waals surface area contributed by atoms with E-state index in [-0.39, 0.29) is 5.75 Å². The molecule has 1 aromatic carbocycles. The molecule has 3 heteroatoms. The largest absolute Gasteiger partial charge is 0.486 e. The molecule has 0 aliphatic carbocycles. The van der Waals surface area contributed by atoms with Gasteiger partial charge < -0.3 is 9.84 Å². The summed E-state index contributed by atoms with van der Waals surface area (Å²) in [4.78, 5) is 0. The first-order valence-electron chi connectivity index (χ1n) is 4.75. The summed E-state index contributed by atoms with van der Waals surface area (Å²) in [5.41, 5.74) is 1.36. The Hall–Kier alpha value is -1.35. The van der Waals surface area contributed by atoms with Crippen LogP contribution < -0.4 is 4.74 Å². The fraction of sp³-hybridized carbons (Fsp3) is 0.333. The third-order valence-corrected chi connectivity index (χ3v) is 1.91. The van der Waals surface area contributed by atoms with Crippen molar-refractivity contribution in [2.45, 2.75) is 20.0 Å². The molecular formula is C12H15FO2. The Labute approximate surface area is 89.0 Å². The number of ether oxygens (including phenoxy) is 1. The lowest BCUT2D eigenvalue weighted by atomic mass is 10.1. The molecular weight excluding hydrogens is 195 g/mol. The number of hydrogen-bond donors (Lipinski definition) is 1. The first kappa shape index (κ1) is 11.7. The van der Waals surface area contributed by atoms with Gasteiger partial charge in [0, 0.05) is 0 Å². The highest BCUT2D eigenvalue weighted by atomic mass is 19.1. The molecule has 1 N–H and O–H groups in total. The van der Waals surface area contributed by atoms with Gasteiger partial charge in [0.2, 0.25) is 0 Å². The Morgan fingerprint density at radius 3 is 2.73 bits per heavy atom. The van der Waals surface area contributed by atoms with E-state index in [1.807, 2.05) is 6.92 Å². The van der Waals surface area contributed by atoms with Gasteiger partial charge in [-0.1, -0.05) is 12.6 Å². The quantitative estimate of drug-likeness (QED) is 0.774. The molecule has 0 aromatic heterocycles. The minimum absolute atomic E-state index is 0.183. The maximum Gasteiger partial charge on any atom is 0.165 e. The highest BCUT2D eigenvalue weighted by Gasteiger charge is 2.07. The third-order valence-electron chi connectivity index (χ3n) is 1.91. The van der Waals surface area contributed by atoms with E-state index in [1.54, 1.807) is 13.0 Å². The molecule has 15 heavy (non-hydrogen) atoms. The van der Waals surface area contributed by atoms with Gasteiger partial charge in [-0.25, -0.2) is 4.39 Å². The Kier molecular flexibility index (Phi) is 3.86. The summed E-state index contributed by atoms with van der Waals surface area (Å²) < 4.78 is 18.6. The number of rotatable bonds is 4. The van der Waals surface area contributed by atoms with Gasteiger partial charge in [0.15, 0.2) is 11.6 Å². The van der Waals surface area contributed by atoms with Crippen LogP contribution in [0.1, 0.15) is 25.5 Å². The summed E-state index contributed by atoms with van der Waals surface area (Å²) in [6, 6.07) is 4.43. The van der Waals surface area contributed by atoms with E-state index in [0.29, 0.717) is 12.2 Å². The summed E-state index contributed by atoms with van der Waals surface area (Å²) in [5, 5.41) is 9.24. The van der Waals surface area contributed by atoms with Crippen LogP contribution in [0, 0.1) is 5.82 Å². The predicted molar refractivity (Wildman–Crippen MR) is 57.3 cm³/mol. The number of aliphatic hydroxyl groups is 1. The summed E-state index contributed by atoms with van der Waals surface area (Å²) in [7, 11) is 0. The fourth-order valence-corrected chi connectivity index (χ4v) is 1.09. The van der Waals surface area contributed by atoms with Crippen molar-refractivity contribution in [2.75, 3.05) is 6.61 Å². The van der Waals surface area contributed by atoms with Crippen molar-refractivity contribution in [3.8, 4) is 5.75 Å². The Bertz CT molecular complexity index is 359. The molecule has 0 fully saturated rings. The summed E-state index contributed by atoms with van der Waals surface area (Å²) >= 11 is 0. The summed E-state index contributed by atoms with van der Waals surface area (Å²) in [6.07, 6.45) is -0.672. The Morgan fingerprint density at radius 1 is 1.60 bits per heavy atom. The van der Waals surface area contributed by atoms with Crippen molar-refractivity contribution < 1.29 is 14.2 Å². The van der Waals surface area contributed by atoms with Gasteiger partial charge in [0.05, 0.1) is 6.10 Å². The van der Waals surface area contributed by atoms with Crippen molar-refractivity contribution in [3.63, 3.8) is 0 Å². The van der Waals surface area contributed by atoms with Crippen molar-refractivity contribution in [3.05, 3.63) is 41.7 Å². The predicted octanol–water partition coefficient (Wildman–Crippen LogP) is 2.83. The van der Waals surface area contributed by atoms with Crippen LogP contribution in [0.2, 0.25) is 0 Å². The van der Waals surface area contributed by atoms with Gasteiger partial charge >= 0.3 is 0 Å². The second-order valence-electron chi connectivity index (χ2n) is 3.61. The summed E-state index contributed by atoms with van der Waals surface area (Å²) in [5.74, 6) is -0.281. The second-order valence-corrected chi connectivity index (χ2v) is 3.61. The zero-order valence-corrected chi connectivity index (χ0v) is 8.96. The molecule has 0 saturated carbocycles. The van der Waals surface area contributed by atoms with Crippen LogP contribution in [0.15, 0.2) is 30.4 Å². The Morgan fingerprint density at radius 2 is 2.27 bits per heavy atom. The molecule has 0 saturated heterocycles. The molecule has 1 atom stereocenters. The van der Waals surface area contributed by atoms with E-state index < -0.39 is 11.9 Å².